The topological polar surface area (TPSA) is 108 Å². The van der Waals surface area contributed by atoms with Gasteiger partial charge in [-0.05, 0) is 73.1 Å². The number of nitrogens with one attached hydrogen (secondary N) is 1. The Morgan fingerprint density at radius 2 is 1.60 bits per heavy atom. The molecule has 1 saturated heterocycles. The quantitative estimate of drug-likeness (QED) is 0.218. The van der Waals surface area contributed by atoms with Gasteiger partial charge in [0.1, 0.15) is 16.3 Å². The third kappa shape index (κ3) is 4.95. The fourth-order valence-electron chi connectivity index (χ4n) is 5.25. The van der Waals surface area contributed by atoms with Crippen molar-refractivity contribution in [3.63, 3.8) is 0 Å². The number of hydrogen-bond acceptors (Lipinski definition) is 9. The van der Waals surface area contributed by atoms with E-state index < -0.39 is 10.8 Å². The Labute approximate surface area is 236 Å². The average Bonchev–Trinajstić information content (AvgIpc) is 2.96. The van der Waals surface area contributed by atoms with Crippen LogP contribution in [-0.4, -0.2) is 68.9 Å². The number of rotatable bonds is 6. The first-order valence-electron chi connectivity index (χ1n) is 13.5. The van der Waals surface area contributed by atoms with Gasteiger partial charge < -0.3 is 20.2 Å². The number of aromatic hydroxyl groups is 1. The summed E-state index contributed by atoms with van der Waals surface area (Å²) in [6.07, 6.45) is 2.26. The summed E-state index contributed by atoms with van der Waals surface area (Å²) >= 11 is 0. The Morgan fingerprint density at radius 3 is 2.30 bits per heavy atom. The van der Waals surface area contributed by atoms with Crippen molar-refractivity contribution in [2.24, 2.45) is 0 Å². The molecule has 4 N–H and O–H groups in total. The van der Waals surface area contributed by atoms with Crippen LogP contribution < -0.4 is 14.5 Å². The Hall–Kier alpha value is -3.83. The molecule has 3 aromatic carbocycles. The molecule has 3 heterocycles. The number of nitrogens with zero attached hydrogens (tertiary/aromatic N) is 5. The van der Waals surface area contributed by atoms with E-state index in [1.165, 1.54) is 11.9 Å². The monoisotopic (exact) mass is 558 g/mol. The first-order valence-corrected chi connectivity index (χ1v) is 15.0. The third-order valence-electron chi connectivity index (χ3n) is 7.50. The lowest BCUT2D eigenvalue weighted by molar-refractivity contribution is 0.313. The molecule has 2 aliphatic rings. The van der Waals surface area contributed by atoms with Crippen LogP contribution in [0.4, 0.5) is 23.0 Å². The van der Waals surface area contributed by atoms with Gasteiger partial charge in [0, 0.05) is 49.7 Å². The predicted molar refractivity (Wildman–Crippen MR) is 163 cm³/mol. The molecule has 9 nitrogen and oxygen atoms in total. The molecule has 0 bridgehead atoms. The van der Waals surface area contributed by atoms with E-state index >= 15 is 0 Å². The number of hydrogen-bond donors (Lipinski definition) is 4. The minimum Gasteiger partial charge on any atom is -0.508 e. The van der Waals surface area contributed by atoms with Crippen molar-refractivity contribution in [3.05, 3.63) is 72.9 Å². The summed E-state index contributed by atoms with van der Waals surface area (Å²) in [6.45, 7) is 6.59. The standard InChI is InChI=1S/C30H34N6O3S/c1-3-14-36-27-19-22(21-4-11-25(37)12-5-21)6-13-26(27)29-28(40(36,38)39)20-31-30(33-29)32-23-7-9-24(10-8-23)35-17-15-34(2)16-18-35/h4-13,19-20,37-39H,3,14-18H2,1-2H3,(H,31,32,33). The lowest BCUT2D eigenvalue weighted by Gasteiger charge is -2.48. The molecule has 0 unspecified atom stereocenters. The summed E-state index contributed by atoms with van der Waals surface area (Å²) in [6, 6.07) is 21.1. The maximum Gasteiger partial charge on any atom is 0.227 e. The van der Waals surface area contributed by atoms with Gasteiger partial charge in [0.25, 0.3) is 0 Å². The Morgan fingerprint density at radius 1 is 0.900 bits per heavy atom. The van der Waals surface area contributed by atoms with Crippen LogP contribution in [0, 0.1) is 0 Å². The molecule has 1 aromatic heterocycles. The second-order valence-corrected chi connectivity index (χ2v) is 12.2. The van der Waals surface area contributed by atoms with Crippen LogP contribution in [0.25, 0.3) is 22.4 Å². The number of benzene rings is 3. The predicted octanol–water partition coefficient (Wildman–Crippen LogP) is 6.27. The average molecular weight is 559 g/mol. The summed E-state index contributed by atoms with van der Waals surface area (Å²) in [5, 5.41) is 13.0. The fraction of sp³-hybridized carbons (Fsp3) is 0.267. The second kappa shape index (κ2) is 10.6. The zero-order chi connectivity index (χ0) is 27.9. The molecule has 0 aliphatic carbocycles. The lowest BCUT2D eigenvalue weighted by atomic mass is 10.00. The molecular weight excluding hydrogens is 524 g/mol. The van der Waals surface area contributed by atoms with Crippen LogP contribution in [0.15, 0.2) is 77.8 Å². The molecule has 0 radical (unpaired) electrons. The first kappa shape index (κ1) is 26.4. The van der Waals surface area contributed by atoms with Gasteiger partial charge >= 0.3 is 0 Å². The van der Waals surface area contributed by atoms with Crippen molar-refractivity contribution < 1.29 is 14.2 Å². The van der Waals surface area contributed by atoms with Gasteiger partial charge in [-0.1, -0.05) is 35.9 Å². The maximum atomic E-state index is 11.4. The molecule has 6 rings (SSSR count). The smallest absolute Gasteiger partial charge is 0.227 e. The van der Waals surface area contributed by atoms with Gasteiger partial charge in [-0.3, -0.25) is 13.4 Å². The molecule has 40 heavy (non-hydrogen) atoms. The van der Waals surface area contributed by atoms with E-state index in [9.17, 15) is 14.2 Å². The highest BCUT2D eigenvalue weighted by atomic mass is 32.3. The molecule has 0 spiro atoms. The van der Waals surface area contributed by atoms with E-state index in [4.69, 9.17) is 4.98 Å². The van der Waals surface area contributed by atoms with Crippen molar-refractivity contribution in [1.29, 1.82) is 0 Å². The van der Waals surface area contributed by atoms with Crippen molar-refractivity contribution in [2.75, 3.05) is 54.3 Å². The number of likely N-dealkylation sites (N-methyl/N-ethyl adjacent to an activating group) is 1. The number of anilines is 4. The van der Waals surface area contributed by atoms with Gasteiger partial charge in [-0.25, -0.2) is 9.97 Å². The number of fused-ring (bicyclic) bond motifs is 3. The largest absolute Gasteiger partial charge is 0.508 e. The molecule has 1 fully saturated rings. The molecule has 2 aliphatic heterocycles. The summed E-state index contributed by atoms with van der Waals surface area (Å²) in [7, 11) is -1.19. The Kier molecular flexibility index (Phi) is 7.01. The molecule has 4 aromatic rings. The normalized spacial score (nSPS) is 17.2. The number of aromatic nitrogens is 2. The van der Waals surface area contributed by atoms with Crippen LogP contribution in [0.5, 0.6) is 5.75 Å². The van der Waals surface area contributed by atoms with Crippen molar-refractivity contribution in [3.8, 4) is 28.1 Å². The SMILES string of the molecule is CCCN1c2cc(-c3ccc(O)cc3)ccc2-c2nc(Nc3ccc(N4CCN(C)CC4)cc3)ncc2S1(O)O. The fourth-order valence-corrected chi connectivity index (χ4v) is 6.96. The minimum atomic E-state index is -3.34. The van der Waals surface area contributed by atoms with Crippen LogP contribution in [0.1, 0.15) is 13.3 Å². The third-order valence-corrected chi connectivity index (χ3v) is 9.38. The van der Waals surface area contributed by atoms with E-state index in [-0.39, 0.29) is 5.75 Å². The second-order valence-electron chi connectivity index (χ2n) is 10.3. The maximum absolute atomic E-state index is 11.4. The molecule has 0 atom stereocenters. The minimum absolute atomic E-state index is 0.197. The highest BCUT2D eigenvalue weighted by molar-refractivity contribution is 8.25. The summed E-state index contributed by atoms with van der Waals surface area (Å²) < 4.78 is 24.5. The van der Waals surface area contributed by atoms with Crippen LogP contribution >= 0.6 is 10.8 Å². The van der Waals surface area contributed by atoms with Gasteiger partial charge in [0.05, 0.1) is 11.9 Å². The number of piperazine rings is 1. The first-order chi connectivity index (χ1) is 19.3. The van der Waals surface area contributed by atoms with E-state index in [0.717, 1.165) is 55.0 Å². The van der Waals surface area contributed by atoms with Gasteiger partial charge in [0.15, 0.2) is 0 Å². The molecular formula is C30H34N6O3S. The van der Waals surface area contributed by atoms with Crippen LogP contribution in [-0.2, 0) is 0 Å². The molecule has 208 valence electrons. The van der Waals surface area contributed by atoms with E-state index in [0.29, 0.717) is 28.8 Å². The zero-order valence-corrected chi connectivity index (χ0v) is 23.5. The highest BCUT2D eigenvalue weighted by Gasteiger charge is 2.37. The Balaban J connectivity index is 1.33. The van der Waals surface area contributed by atoms with Gasteiger partial charge in [0.2, 0.25) is 5.95 Å². The van der Waals surface area contributed by atoms with Gasteiger partial charge in [-0.2, -0.15) is 0 Å². The molecule has 0 amide bonds. The van der Waals surface area contributed by atoms with E-state index in [1.54, 1.807) is 16.4 Å². The Bertz CT molecular complexity index is 1510. The lowest BCUT2D eigenvalue weighted by Crippen LogP contribution is -2.44. The summed E-state index contributed by atoms with van der Waals surface area (Å²) in [5.41, 5.74) is 5.90. The molecule has 0 saturated carbocycles. The summed E-state index contributed by atoms with van der Waals surface area (Å²) in [5.74, 6) is 0.585. The van der Waals surface area contributed by atoms with Crippen molar-refractivity contribution in [1.82, 2.24) is 14.9 Å². The number of phenols is 1. The van der Waals surface area contributed by atoms with E-state index in [1.807, 2.05) is 49.4 Å². The molecule has 10 heteroatoms. The summed E-state index contributed by atoms with van der Waals surface area (Å²) in [4.78, 5) is 14.3. The van der Waals surface area contributed by atoms with Crippen LogP contribution in [0.3, 0.4) is 0 Å². The van der Waals surface area contributed by atoms with Crippen molar-refractivity contribution in [2.45, 2.75) is 18.2 Å². The van der Waals surface area contributed by atoms with Crippen molar-refractivity contribution >= 4 is 33.8 Å². The number of phenolic OH excluding ortho intramolecular Hbond substituents is 1. The van der Waals surface area contributed by atoms with Gasteiger partial charge in [-0.15, -0.1) is 0 Å². The highest BCUT2D eigenvalue weighted by Crippen LogP contribution is 2.62. The van der Waals surface area contributed by atoms with Crippen LogP contribution in [0.2, 0.25) is 0 Å². The van der Waals surface area contributed by atoms with E-state index in [2.05, 4.69) is 39.3 Å². The zero-order valence-electron chi connectivity index (χ0n) is 22.7.